The van der Waals surface area contributed by atoms with Gasteiger partial charge in [-0.15, -0.1) is 0 Å². The molecule has 5 heteroatoms. The van der Waals surface area contributed by atoms with Crippen LogP contribution in [0.4, 0.5) is 0 Å². The number of hydroxylamine groups is 2. The largest absolute Gasteiger partial charge is 0.336 e. The van der Waals surface area contributed by atoms with E-state index in [1.165, 1.54) is 0 Å². The van der Waals surface area contributed by atoms with Crippen LogP contribution >= 0.6 is 0 Å². The molecule has 128 valence electrons. The Morgan fingerprint density at radius 1 is 1.00 bits per heavy atom. The van der Waals surface area contributed by atoms with Crippen LogP contribution in [-0.4, -0.2) is 22.8 Å². The Bertz CT molecular complexity index is 669. The highest BCUT2D eigenvalue weighted by Crippen LogP contribution is 2.48. The van der Waals surface area contributed by atoms with Crippen molar-refractivity contribution in [2.24, 2.45) is 16.7 Å². The summed E-state index contributed by atoms with van der Waals surface area (Å²) in [5.41, 5.74) is 0.597. The number of hydrogen-bond donors (Lipinski definition) is 0. The molecule has 1 aliphatic carbocycles. The summed E-state index contributed by atoms with van der Waals surface area (Å²) in [7, 11) is 0. The molecule has 1 aliphatic heterocycles. The van der Waals surface area contributed by atoms with E-state index in [4.69, 9.17) is 4.84 Å². The summed E-state index contributed by atoms with van der Waals surface area (Å²) in [5, 5.41) is 0.613. The first-order valence-corrected chi connectivity index (χ1v) is 8.29. The first-order chi connectivity index (χ1) is 11.1. The van der Waals surface area contributed by atoms with Crippen molar-refractivity contribution >= 4 is 17.8 Å². The zero-order valence-electron chi connectivity index (χ0n) is 14.6. The predicted molar refractivity (Wildman–Crippen MR) is 87.9 cm³/mol. The van der Waals surface area contributed by atoms with Gasteiger partial charge in [0, 0.05) is 0 Å². The number of carbonyl (C=O) groups excluding carboxylic acids is 3. The van der Waals surface area contributed by atoms with Gasteiger partial charge >= 0.3 is 5.97 Å². The van der Waals surface area contributed by atoms with Gasteiger partial charge in [0.2, 0.25) is 0 Å². The SMILES string of the molecule is CC1(C)CC(C(=O)ON2C(=O)c3ccccc3C2=O)CC(C)(C)C1. The summed E-state index contributed by atoms with van der Waals surface area (Å²) in [4.78, 5) is 42.5. The fraction of sp³-hybridized carbons (Fsp3) is 0.526. The standard InChI is InChI=1S/C19H23NO4/c1-18(2)9-12(10-19(3,4)11-18)17(23)24-20-15(21)13-7-5-6-8-14(13)16(20)22/h5-8,12H,9-11H2,1-4H3. The average Bonchev–Trinajstić information content (AvgIpc) is 2.70. The molecule has 1 fully saturated rings. The highest BCUT2D eigenvalue weighted by Gasteiger charge is 2.44. The number of carbonyl (C=O) groups is 3. The maximum absolute atomic E-state index is 12.6. The van der Waals surface area contributed by atoms with E-state index >= 15 is 0 Å². The van der Waals surface area contributed by atoms with Crippen LogP contribution in [0.3, 0.4) is 0 Å². The Labute approximate surface area is 141 Å². The maximum atomic E-state index is 12.6. The van der Waals surface area contributed by atoms with Crippen molar-refractivity contribution in [1.29, 1.82) is 0 Å². The van der Waals surface area contributed by atoms with Crippen LogP contribution in [0, 0.1) is 16.7 Å². The number of fused-ring (bicyclic) bond motifs is 1. The number of nitrogens with zero attached hydrogens (tertiary/aromatic N) is 1. The number of benzene rings is 1. The minimum Gasteiger partial charge on any atom is -0.329 e. The lowest BCUT2D eigenvalue weighted by atomic mass is 9.61. The van der Waals surface area contributed by atoms with Gasteiger partial charge in [0.05, 0.1) is 17.0 Å². The lowest BCUT2D eigenvalue weighted by molar-refractivity contribution is -0.178. The smallest absolute Gasteiger partial charge is 0.329 e. The van der Waals surface area contributed by atoms with E-state index in [0.29, 0.717) is 17.9 Å². The lowest BCUT2D eigenvalue weighted by Crippen LogP contribution is -2.41. The second kappa shape index (κ2) is 5.43. The average molecular weight is 329 g/mol. The summed E-state index contributed by atoms with van der Waals surface area (Å²) in [5.74, 6) is -1.95. The normalized spacial score (nSPS) is 22.4. The van der Waals surface area contributed by atoms with Crippen LogP contribution in [0.1, 0.15) is 67.7 Å². The van der Waals surface area contributed by atoms with Gasteiger partial charge in [-0.3, -0.25) is 9.59 Å². The molecule has 1 saturated carbocycles. The molecule has 1 heterocycles. The van der Waals surface area contributed by atoms with Crippen molar-refractivity contribution in [3.63, 3.8) is 0 Å². The monoisotopic (exact) mass is 329 g/mol. The van der Waals surface area contributed by atoms with Gasteiger partial charge in [0.15, 0.2) is 0 Å². The first-order valence-electron chi connectivity index (χ1n) is 8.29. The molecule has 2 aliphatic rings. The number of rotatable bonds is 2. The molecular weight excluding hydrogens is 306 g/mol. The van der Waals surface area contributed by atoms with Crippen molar-refractivity contribution in [2.75, 3.05) is 0 Å². The summed E-state index contributed by atoms with van der Waals surface area (Å²) >= 11 is 0. The molecule has 2 amide bonds. The van der Waals surface area contributed by atoms with Crippen LogP contribution in [0.25, 0.3) is 0 Å². The molecule has 1 aromatic carbocycles. The Kier molecular flexibility index (Phi) is 3.78. The highest BCUT2D eigenvalue weighted by atomic mass is 16.7. The summed E-state index contributed by atoms with van der Waals surface area (Å²) < 4.78 is 0. The zero-order valence-corrected chi connectivity index (χ0v) is 14.6. The third kappa shape index (κ3) is 2.95. The molecule has 5 nitrogen and oxygen atoms in total. The van der Waals surface area contributed by atoms with E-state index < -0.39 is 17.8 Å². The van der Waals surface area contributed by atoms with Gasteiger partial charge in [0.1, 0.15) is 0 Å². The van der Waals surface area contributed by atoms with Crippen molar-refractivity contribution in [3.8, 4) is 0 Å². The molecular formula is C19H23NO4. The van der Waals surface area contributed by atoms with Gasteiger partial charge < -0.3 is 4.84 Å². The maximum Gasteiger partial charge on any atom is 0.336 e. The molecule has 0 unspecified atom stereocenters. The van der Waals surface area contributed by atoms with E-state index in [1.54, 1.807) is 24.3 Å². The van der Waals surface area contributed by atoms with E-state index in [-0.39, 0.29) is 27.9 Å². The van der Waals surface area contributed by atoms with Crippen molar-refractivity contribution in [1.82, 2.24) is 5.06 Å². The van der Waals surface area contributed by atoms with Crippen molar-refractivity contribution in [2.45, 2.75) is 47.0 Å². The van der Waals surface area contributed by atoms with E-state index in [9.17, 15) is 14.4 Å². The molecule has 3 rings (SSSR count). The first kappa shape index (κ1) is 16.7. The molecule has 0 saturated heterocycles. The van der Waals surface area contributed by atoms with Crippen LogP contribution in [0.2, 0.25) is 0 Å². The molecule has 0 aromatic heterocycles. The minimum atomic E-state index is -0.571. The fourth-order valence-corrected chi connectivity index (χ4v) is 4.43. The van der Waals surface area contributed by atoms with Gasteiger partial charge in [-0.05, 0) is 42.2 Å². The zero-order chi connectivity index (χ0) is 17.7. The van der Waals surface area contributed by atoms with Crippen molar-refractivity contribution in [3.05, 3.63) is 35.4 Å². The second-order valence-electron chi connectivity index (χ2n) is 8.47. The fourth-order valence-electron chi connectivity index (χ4n) is 4.43. The predicted octanol–water partition coefficient (Wildman–Crippen LogP) is 3.59. The molecule has 0 atom stereocenters. The Morgan fingerprint density at radius 2 is 1.46 bits per heavy atom. The van der Waals surface area contributed by atoms with Gasteiger partial charge in [-0.1, -0.05) is 44.9 Å². The van der Waals surface area contributed by atoms with Gasteiger partial charge in [-0.25, -0.2) is 4.79 Å². The third-order valence-electron chi connectivity index (χ3n) is 4.83. The number of imide groups is 1. The summed E-state index contributed by atoms with van der Waals surface area (Å²) in [6.45, 7) is 8.54. The highest BCUT2D eigenvalue weighted by molar-refractivity contribution is 6.20. The van der Waals surface area contributed by atoms with E-state index in [1.807, 2.05) is 0 Å². The van der Waals surface area contributed by atoms with Crippen molar-refractivity contribution < 1.29 is 19.2 Å². The second-order valence-corrected chi connectivity index (χ2v) is 8.47. The molecule has 0 bridgehead atoms. The Balaban J connectivity index is 1.76. The lowest BCUT2D eigenvalue weighted by Gasteiger charge is -2.44. The van der Waals surface area contributed by atoms with Gasteiger partial charge in [-0.2, -0.15) is 0 Å². The van der Waals surface area contributed by atoms with Crippen LogP contribution < -0.4 is 0 Å². The van der Waals surface area contributed by atoms with Crippen LogP contribution in [0.5, 0.6) is 0 Å². The van der Waals surface area contributed by atoms with E-state index in [2.05, 4.69) is 27.7 Å². The molecule has 0 radical (unpaired) electrons. The minimum absolute atomic E-state index is 0.0213. The number of amides is 2. The topological polar surface area (TPSA) is 63.7 Å². The van der Waals surface area contributed by atoms with Gasteiger partial charge in [0.25, 0.3) is 11.8 Å². The number of hydrogen-bond acceptors (Lipinski definition) is 4. The molecule has 1 aromatic rings. The molecule has 0 N–H and O–H groups in total. The molecule has 0 spiro atoms. The third-order valence-corrected chi connectivity index (χ3v) is 4.83. The summed E-state index contributed by atoms with van der Waals surface area (Å²) in [6.07, 6.45) is 2.41. The Hall–Kier alpha value is -2.17. The van der Waals surface area contributed by atoms with Crippen LogP contribution in [0.15, 0.2) is 24.3 Å². The Morgan fingerprint density at radius 3 is 1.92 bits per heavy atom. The molecule has 24 heavy (non-hydrogen) atoms. The van der Waals surface area contributed by atoms with Crippen LogP contribution in [-0.2, 0) is 9.63 Å². The van der Waals surface area contributed by atoms with E-state index in [0.717, 1.165) is 6.42 Å². The summed E-state index contributed by atoms with van der Waals surface area (Å²) in [6, 6.07) is 6.50. The quantitative estimate of drug-likeness (QED) is 0.778.